The smallest absolute Gasteiger partial charge is 0.249 e. The maximum Gasteiger partial charge on any atom is 0.249 e. The van der Waals surface area contributed by atoms with Crippen LogP contribution in [0.25, 0.3) is 10.4 Å². The van der Waals surface area contributed by atoms with Gasteiger partial charge in [-0.1, -0.05) is 45.9 Å². The Bertz CT molecular complexity index is 445. The van der Waals surface area contributed by atoms with Crippen LogP contribution in [0.2, 0.25) is 0 Å². The number of nitrogens with zero attached hydrogens (tertiary/aromatic N) is 3. The standard InChI is InChI=1S/C13H17N3O/c1-8(2)10-6-5-7-11(9(3)4)12(10)13(17)15-16-14/h5-9H,1-4H3. The summed E-state index contributed by atoms with van der Waals surface area (Å²) < 4.78 is 0. The van der Waals surface area contributed by atoms with Gasteiger partial charge in [0, 0.05) is 10.5 Å². The predicted octanol–water partition coefficient (Wildman–Crippen LogP) is 4.38. The molecule has 0 aliphatic rings. The molecular formula is C13H17N3O. The molecular weight excluding hydrogens is 214 g/mol. The number of amides is 1. The molecule has 0 bridgehead atoms. The van der Waals surface area contributed by atoms with E-state index in [-0.39, 0.29) is 11.8 Å². The second-order valence-corrected chi connectivity index (χ2v) is 4.62. The zero-order valence-corrected chi connectivity index (χ0v) is 10.6. The molecule has 0 radical (unpaired) electrons. The summed E-state index contributed by atoms with van der Waals surface area (Å²) in [4.78, 5) is 14.5. The highest BCUT2D eigenvalue weighted by atomic mass is 16.1. The van der Waals surface area contributed by atoms with E-state index in [0.29, 0.717) is 5.56 Å². The molecule has 0 atom stereocenters. The molecule has 90 valence electrons. The quantitative estimate of drug-likeness (QED) is 0.432. The Morgan fingerprint density at radius 1 is 1.18 bits per heavy atom. The van der Waals surface area contributed by atoms with Crippen LogP contribution < -0.4 is 0 Å². The maximum atomic E-state index is 11.9. The molecule has 0 saturated heterocycles. The number of hydrogen-bond donors (Lipinski definition) is 0. The van der Waals surface area contributed by atoms with Gasteiger partial charge in [-0.3, -0.25) is 4.79 Å². The summed E-state index contributed by atoms with van der Waals surface area (Å²) in [7, 11) is 0. The fourth-order valence-corrected chi connectivity index (χ4v) is 1.89. The van der Waals surface area contributed by atoms with Crippen molar-refractivity contribution in [3.05, 3.63) is 45.3 Å². The van der Waals surface area contributed by atoms with Crippen LogP contribution in [0, 0.1) is 0 Å². The fraction of sp³-hybridized carbons (Fsp3) is 0.462. The van der Waals surface area contributed by atoms with Crippen molar-refractivity contribution in [2.45, 2.75) is 39.5 Å². The number of azide groups is 1. The Hall–Kier alpha value is -1.80. The number of hydrogen-bond acceptors (Lipinski definition) is 1. The van der Waals surface area contributed by atoms with Gasteiger partial charge in [0.15, 0.2) is 0 Å². The van der Waals surface area contributed by atoms with Gasteiger partial charge >= 0.3 is 0 Å². The van der Waals surface area contributed by atoms with Crippen LogP contribution in [-0.4, -0.2) is 5.91 Å². The van der Waals surface area contributed by atoms with Gasteiger partial charge in [0.05, 0.1) is 0 Å². The summed E-state index contributed by atoms with van der Waals surface area (Å²) in [6.45, 7) is 8.08. The third-order valence-electron chi connectivity index (χ3n) is 2.72. The minimum absolute atomic E-state index is 0.224. The lowest BCUT2D eigenvalue weighted by atomic mass is 9.88. The predicted molar refractivity (Wildman–Crippen MR) is 68.1 cm³/mol. The molecule has 0 aliphatic heterocycles. The molecule has 1 amide bonds. The molecule has 0 aliphatic carbocycles. The first-order chi connectivity index (χ1) is 7.99. The summed E-state index contributed by atoms with van der Waals surface area (Å²) in [5.74, 6) is -0.0383. The number of benzene rings is 1. The Kier molecular flexibility index (Phi) is 4.30. The van der Waals surface area contributed by atoms with Gasteiger partial charge in [-0.25, -0.2) is 0 Å². The highest BCUT2D eigenvalue weighted by Gasteiger charge is 2.18. The zero-order chi connectivity index (χ0) is 13.0. The molecule has 1 aromatic rings. The van der Waals surface area contributed by atoms with Gasteiger partial charge in [-0.05, 0) is 33.6 Å². The lowest BCUT2D eigenvalue weighted by molar-refractivity contribution is 0.0998. The van der Waals surface area contributed by atoms with Crippen molar-refractivity contribution in [2.75, 3.05) is 0 Å². The van der Waals surface area contributed by atoms with Crippen molar-refractivity contribution >= 4 is 5.91 Å². The lowest BCUT2D eigenvalue weighted by Gasteiger charge is -2.16. The van der Waals surface area contributed by atoms with E-state index in [1.54, 1.807) is 0 Å². The Labute approximate surface area is 101 Å². The van der Waals surface area contributed by atoms with Crippen molar-refractivity contribution in [1.82, 2.24) is 0 Å². The largest absolute Gasteiger partial charge is 0.287 e. The minimum atomic E-state index is -0.486. The Balaban J connectivity index is 3.49. The number of carbonyl (C=O) groups excluding carboxylic acids is 1. The molecule has 17 heavy (non-hydrogen) atoms. The molecule has 0 fully saturated rings. The first kappa shape index (κ1) is 13.3. The fourth-order valence-electron chi connectivity index (χ4n) is 1.89. The average Bonchev–Trinajstić information content (AvgIpc) is 2.28. The molecule has 0 aromatic heterocycles. The van der Waals surface area contributed by atoms with Gasteiger partial charge in [0.25, 0.3) is 0 Å². The number of carbonyl (C=O) groups is 1. The van der Waals surface area contributed by atoms with Crippen LogP contribution in [0.3, 0.4) is 0 Å². The van der Waals surface area contributed by atoms with E-state index < -0.39 is 5.91 Å². The van der Waals surface area contributed by atoms with Gasteiger partial charge < -0.3 is 0 Å². The second-order valence-electron chi connectivity index (χ2n) is 4.62. The average molecular weight is 231 g/mol. The number of rotatable bonds is 3. The molecule has 0 N–H and O–H groups in total. The van der Waals surface area contributed by atoms with Crippen LogP contribution in [0.4, 0.5) is 0 Å². The highest BCUT2D eigenvalue weighted by Crippen LogP contribution is 2.28. The normalized spacial score (nSPS) is 10.5. The third-order valence-corrected chi connectivity index (χ3v) is 2.72. The van der Waals surface area contributed by atoms with Crippen molar-refractivity contribution in [2.24, 2.45) is 5.11 Å². The molecule has 0 saturated carbocycles. The third kappa shape index (κ3) is 2.86. The van der Waals surface area contributed by atoms with E-state index in [1.807, 2.05) is 45.9 Å². The lowest BCUT2D eigenvalue weighted by Crippen LogP contribution is -2.08. The maximum absolute atomic E-state index is 11.9. The van der Waals surface area contributed by atoms with Crippen LogP contribution in [0.1, 0.15) is 61.0 Å². The summed E-state index contributed by atoms with van der Waals surface area (Å²) in [6, 6.07) is 5.77. The highest BCUT2D eigenvalue weighted by molar-refractivity contribution is 5.98. The van der Waals surface area contributed by atoms with Gasteiger partial charge in [0.1, 0.15) is 0 Å². The summed E-state index contributed by atoms with van der Waals surface area (Å²) in [5, 5.41) is 3.22. The van der Waals surface area contributed by atoms with E-state index in [0.717, 1.165) is 11.1 Å². The van der Waals surface area contributed by atoms with Gasteiger partial charge in [0.2, 0.25) is 5.91 Å². The summed E-state index contributed by atoms with van der Waals surface area (Å²) >= 11 is 0. The first-order valence-electron chi connectivity index (χ1n) is 5.71. The second kappa shape index (κ2) is 5.51. The van der Waals surface area contributed by atoms with Crippen molar-refractivity contribution in [3.63, 3.8) is 0 Å². The Morgan fingerprint density at radius 3 is 2.00 bits per heavy atom. The van der Waals surface area contributed by atoms with Crippen molar-refractivity contribution in [1.29, 1.82) is 0 Å². The molecule has 4 nitrogen and oxygen atoms in total. The first-order valence-corrected chi connectivity index (χ1v) is 5.71. The topological polar surface area (TPSA) is 65.8 Å². The van der Waals surface area contributed by atoms with E-state index in [9.17, 15) is 4.79 Å². The summed E-state index contributed by atoms with van der Waals surface area (Å²) in [5.41, 5.74) is 10.8. The van der Waals surface area contributed by atoms with Crippen molar-refractivity contribution in [3.8, 4) is 0 Å². The van der Waals surface area contributed by atoms with Gasteiger partial charge in [-0.2, -0.15) is 0 Å². The van der Waals surface area contributed by atoms with E-state index in [2.05, 4.69) is 10.0 Å². The van der Waals surface area contributed by atoms with Crippen molar-refractivity contribution < 1.29 is 4.79 Å². The molecule has 0 heterocycles. The molecule has 0 unspecified atom stereocenters. The SMILES string of the molecule is CC(C)c1cccc(C(C)C)c1C(=O)N=[N+]=[N-]. The van der Waals surface area contributed by atoms with E-state index in [1.165, 1.54) is 0 Å². The minimum Gasteiger partial charge on any atom is -0.287 e. The molecule has 1 rings (SSSR count). The van der Waals surface area contributed by atoms with Crippen LogP contribution in [0.15, 0.2) is 23.3 Å². The molecule has 1 aromatic carbocycles. The van der Waals surface area contributed by atoms with Crippen LogP contribution >= 0.6 is 0 Å². The summed E-state index contributed by atoms with van der Waals surface area (Å²) in [6.07, 6.45) is 0. The van der Waals surface area contributed by atoms with E-state index in [4.69, 9.17) is 5.53 Å². The van der Waals surface area contributed by atoms with Crippen LogP contribution in [0.5, 0.6) is 0 Å². The zero-order valence-electron chi connectivity index (χ0n) is 10.6. The van der Waals surface area contributed by atoms with E-state index >= 15 is 0 Å². The monoisotopic (exact) mass is 231 g/mol. The molecule has 0 spiro atoms. The molecule has 4 heteroatoms. The van der Waals surface area contributed by atoms with Crippen LogP contribution in [-0.2, 0) is 0 Å². The van der Waals surface area contributed by atoms with Gasteiger partial charge in [-0.15, -0.1) is 0 Å². The Morgan fingerprint density at radius 2 is 1.65 bits per heavy atom.